The van der Waals surface area contributed by atoms with Crippen molar-refractivity contribution in [2.45, 2.75) is 26.8 Å². The van der Waals surface area contributed by atoms with Crippen LogP contribution >= 0.6 is 11.3 Å². The van der Waals surface area contributed by atoms with Crippen LogP contribution in [0.5, 0.6) is 0 Å². The highest BCUT2D eigenvalue weighted by molar-refractivity contribution is 7.09. The molecule has 3 heterocycles. The Hall–Kier alpha value is -0.490. The van der Waals surface area contributed by atoms with Gasteiger partial charge in [-0.1, -0.05) is 6.92 Å². The molecule has 3 rings (SSSR count). The highest BCUT2D eigenvalue weighted by Crippen LogP contribution is 2.44. The molecule has 0 aliphatic carbocycles. The Morgan fingerprint density at radius 1 is 1.43 bits per heavy atom. The first kappa shape index (κ1) is 15.4. The molecular weight excluding hydrogens is 282 g/mol. The minimum atomic E-state index is 0.449. The van der Waals surface area contributed by atoms with Crippen molar-refractivity contribution in [2.75, 3.05) is 46.4 Å². The third-order valence-electron chi connectivity index (χ3n) is 5.37. The lowest BCUT2D eigenvalue weighted by atomic mass is 9.78. The number of methoxy groups -OCH3 is 1. The summed E-state index contributed by atoms with van der Waals surface area (Å²) >= 11 is 1.80. The summed E-state index contributed by atoms with van der Waals surface area (Å²) in [4.78, 5) is 11.0. The first-order chi connectivity index (χ1) is 10.2. The summed E-state index contributed by atoms with van der Waals surface area (Å²) in [6.07, 6.45) is 1.31. The van der Waals surface area contributed by atoms with Crippen LogP contribution in [0.25, 0.3) is 0 Å². The molecule has 0 radical (unpaired) electrons. The molecule has 2 atom stereocenters. The van der Waals surface area contributed by atoms with Gasteiger partial charge >= 0.3 is 0 Å². The van der Waals surface area contributed by atoms with Crippen LogP contribution in [-0.2, 0) is 11.3 Å². The van der Waals surface area contributed by atoms with Gasteiger partial charge in [0.15, 0.2) is 0 Å². The van der Waals surface area contributed by atoms with Crippen molar-refractivity contribution in [3.63, 3.8) is 0 Å². The lowest BCUT2D eigenvalue weighted by molar-refractivity contribution is 0.0959. The second-order valence-electron chi connectivity index (χ2n) is 6.66. The summed E-state index contributed by atoms with van der Waals surface area (Å²) in [6.45, 7) is 12.4. The van der Waals surface area contributed by atoms with Crippen LogP contribution in [0.2, 0.25) is 0 Å². The van der Waals surface area contributed by atoms with Gasteiger partial charge in [-0.25, -0.2) is 4.98 Å². The van der Waals surface area contributed by atoms with Crippen LogP contribution in [0.4, 0.5) is 0 Å². The second kappa shape index (κ2) is 6.32. The zero-order valence-corrected chi connectivity index (χ0v) is 14.3. The summed E-state index contributed by atoms with van der Waals surface area (Å²) in [7, 11) is 1.84. The second-order valence-corrected chi connectivity index (χ2v) is 7.60. The molecular formula is C16H27N3OS. The van der Waals surface area contributed by atoms with Crippen molar-refractivity contribution in [3.05, 3.63) is 16.1 Å². The summed E-state index contributed by atoms with van der Waals surface area (Å²) in [5.41, 5.74) is 3.62. The van der Waals surface area contributed by atoms with E-state index in [1.807, 2.05) is 12.6 Å². The Bertz CT molecular complexity index is 478. The molecule has 0 aromatic carbocycles. The van der Waals surface area contributed by atoms with Gasteiger partial charge in [-0.2, -0.15) is 0 Å². The maximum absolute atomic E-state index is 5.51. The van der Waals surface area contributed by atoms with E-state index in [1.54, 1.807) is 11.3 Å². The number of hydrogen-bond donors (Lipinski definition) is 0. The number of thiazole rings is 1. The third-order valence-corrected chi connectivity index (χ3v) is 6.29. The number of hydrogen-bond acceptors (Lipinski definition) is 5. The van der Waals surface area contributed by atoms with Crippen molar-refractivity contribution in [1.82, 2.24) is 14.8 Å². The zero-order valence-electron chi connectivity index (χ0n) is 13.5. The number of aromatic nitrogens is 1. The van der Waals surface area contributed by atoms with E-state index >= 15 is 0 Å². The molecule has 0 amide bonds. The predicted molar refractivity (Wildman–Crippen MR) is 86.7 cm³/mol. The molecule has 2 saturated heterocycles. The van der Waals surface area contributed by atoms with E-state index in [0.717, 1.165) is 19.7 Å². The average Bonchev–Trinajstić information content (AvgIpc) is 3.15. The van der Waals surface area contributed by atoms with E-state index < -0.39 is 0 Å². The molecule has 0 unspecified atom stereocenters. The molecule has 118 valence electrons. The molecule has 0 bridgehead atoms. The topological polar surface area (TPSA) is 28.6 Å². The van der Waals surface area contributed by atoms with Crippen LogP contribution in [0.15, 0.2) is 5.51 Å². The number of aryl methyl sites for hydroxylation is 1. The number of likely N-dealkylation sites (tertiary alicyclic amines) is 2. The molecule has 0 saturated carbocycles. The smallest absolute Gasteiger partial charge is 0.0798 e. The van der Waals surface area contributed by atoms with Crippen molar-refractivity contribution in [3.8, 4) is 0 Å². The van der Waals surface area contributed by atoms with E-state index in [1.165, 1.54) is 43.2 Å². The first-order valence-corrected chi connectivity index (χ1v) is 8.87. The summed E-state index contributed by atoms with van der Waals surface area (Å²) in [6, 6.07) is 0. The normalized spacial score (nSPS) is 30.7. The van der Waals surface area contributed by atoms with Gasteiger partial charge in [0.05, 0.1) is 17.8 Å². The quantitative estimate of drug-likeness (QED) is 0.834. The fourth-order valence-electron chi connectivity index (χ4n) is 4.08. The Labute approximate surface area is 132 Å². The summed E-state index contributed by atoms with van der Waals surface area (Å²) in [5, 5.41) is 0. The lowest BCUT2D eigenvalue weighted by Crippen LogP contribution is -2.36. The van der Waals surface area contributed by atoms with Gasteiger partial charge in [0.1, 0.15) is 0 Å². The largest absolute Gasteiger partial charge is 0.384 e. The van der Waals surface area contributed by atoms with E-state index in [9.17, 15) is 0 Å². The highest BCUT2D eigenvalue weighted by atomic mass is 32.1. The van der Waals surface area contributed by atoms with E-state index in [4.69, 9.17) is 4.74 Å². The van der Waals surface area contributed by atoms with Crippen molar-refractivity contribution in [2.24, 2.45) is 11.3 Å². The van der Waals surface area contributed by atoms with Crippen LogP contribution in [0, 0.1) is 18.3 Å². The molecule has 2 fully saturated rings. The van der Waals surface area contributed by atoms with E-state index in [-0.39, 0.29) is 0 Å². The fourth-order valence-corrected chi connectivity index (χ4v) is 4.90. The molecule has 2 aliphatic heterocycles. The van der Waals surface area contributed by atoms with E-state index in [0.29, 0.717) is 11.3 Å². The number of nitrogens with zero attached hydrogens (tertiary/aromatic N) is 3. The van der Waals surface area contributed by atoms with Gasteiger partial charge in [0.2, 0.25) is 0 Å². The Morgan fingerprint density at radius 2 is 2.24 bits per heavy atom. The minimum absolute atomic E-state index is 0.449. The van der Waals surface area contributed by atoms with Gasteiger partial charge < -0.3 is 9.64 Å². The molecule has 1 spiro atoms. The van der Waals surface area contributed by atoms with Crippen molar-refractivity contribution in [1.29, 1.82) is 0 Å². The summed E-state index contributed by atoms with van der Waals surface area (Å²) in [5.74, 6) is 0.690. The maximum atomic E-state index is 5.51. The van der Waals surface area contributed by atoms with Gasteiger partial charge in [-0.05, 0) is 26.4 Å². The molecule has 4 nitrogen and oxygen atoms in total. The van der Waals surface area contributed by atoms with Gasteiger partial charge in [-0.3, -0.25) is 4.90 Å². The van der Waals surface area contributed by atoms with Gasteiger partial charge in [-0.15, -0.1) is 11.3 Å². The maximum Gasteiger partial charge on any atom is 0.0798 e. The summed E-state index contributed by atoms with van der Waals surface area (Å²) < 4.78 is 5.51. The van der Waals surface area contributed by atoms with Gasteiger partial charge in [0.25, 0.3) is 0 Å². The monoisotopic (exact) mass is 309 g/mol. The minimum Gasteiger partial charge on any atom is -0.384 e. The van der Waals surface area contributed by atoms with Crippen LogP contribution in [-0.4, -0.2) is 61.2 Å². The lowest BCUT2D eigenvalue weighted by Gasteiger charge is -2.30. The Kier molecular flexibility index (Phi) is 4.64. The molecule has 0 N–H and O–H groups in total. The molecule has 1 aromatic rings. The fraction of sp³-hybridized carbons (Fsp3) is 0.812. The first-order valence-electron chi connectivity index (χ1n) is 7.99. The molecule has 21 heavy (non-hydrogen) atoms. The Morgan fingerprint density at radius 3 is 2.90 bits per heavy atom. The van der Waals surface area contributed by atoms with Crippen LogP contribution in [0.1, 0.15) is 23.9 Å². The standard InChI is InChI=1S/C16H27N3OS/c1-4-18-7-14(9-20-3)16(10-18)5-6-19(11-16)8-15-13(2)17-12-21-15/h12,14H,4-11H2,1-3H3/t14-,16+/m0/s1. The zero-order chi connectivity index (χ0) is 14.9. The third kappa shape index (κ3) is 3.02. The number of ether oxygens (including phenoxy) is 1. The van der Waals surface area contributed by atoms with Crippen molar-refractivity contribution >= 4 is 11.3 Å². The highest BCUT2D eigenvalue weighted by Gasteiger charge is 2.49. The van der Waals surface area contributed by atoms with Gasteiger partial charge in [0, 0.05) is 49.5 Å². The number of rotatable bonds is 5. The molecule has 2 aliphatic rings. The van der Waals surface area contributed by atoms with E-state index in [2.05, 4.69) is 28.6 Å². The van der Waals surface area contributed by atoms with Crippen molar-refractivity contribution < 1.29 is 4.74 Å². The Balaban J connectivity index is 1.67. The molecule has 1 aromatic heterocycles. The molecule has 5 heteroatoms. The van der Waals surface area contributed by atoms with Crippen LogP contribution < -0.4 is 0 Å². The average molecular weight is 309 g/mol. The predicted octanol–water partition coefficient (Wildman–Crippen LogP) is 2.24. The SMILES string of the molecule is CCN1C[C@@H](COC)[C@]2(CCN(Cc3scnc3C)C2)C1. The van der Waals surface area contributed by atoms with Crippen LogP contribution in [0.3, 0.4) is 0 Å².